The van der Waals surface area contributed by atoms with Crippen molar-refractivity contribution in [2.45, 2.75) is 26.3 Å². The van der Waals surface area contributed by atoms with Crippen molar-refractivity contribution in [2.75, 3.05) is 24.1 Å². The number of nitrogen functional groups attached to an aromatic ring is 1. The molecule has 20 heavy (non-hydrogen) atoms. The number of nitriles is 1. The van der Waals surface area contributed by atoms with Gasteiger partial charge in [0.05, 0.1) is 5.56 Å². The first-order valence-corrected chi connectivity index (χ1v) is 6.16. The van der Waals surface area contributed by atoms with Gasteiger partial charge in [-0.25, -0.2) is 9.78 Å². The lowest BCUT2D eigenvalue weighted by molar-refractivity contribution is 0.103. The van der Waals surface area contributed by atoms with Crippen LogP contribution >= 0.6 is 0 Å². The molecule has 0 radical (unpaired) electrons. The number of anilines is 2. The summed E-state index contributed by atoms with van der Waals surface area (Å²) >= 11 is 0. The van der Waals surface area contributed by atoms with E-state index in [4.69, 9.17) is 16.1 Å². The van der Waals surface area contributed by atoms with Gasteiger partial charge >= 0.3 is 6.09 Å². The van der Waals surface area contributed by atoms with Crippen molar-refractivity contribution in [1.29, 1.82) is 5.26 Å². The van der Waals surface area contributed by atoms with Gasteiger partial charge in [-0.05, 0) is 32.9 Å². The number of amides is 1. The molecule has 7 nitrogen and oxygen atoms in total. The van der Waals surface area contributed by atoms with Gasteiger partial charge in [-0.15, -0.1) is 0 Å². The van der Waals surface area contributed by atoms with E-state index in [1.165, 1.54) is 4.90 Å². The minimum Gasteiger partial charge on any atom is -0.465 e. The van der Waals surface area contributed by atoms with E-state index in [1.807, 2.05) is 26.8 Å². The summed E-state index contributed by atoms with van der Waals surface area (Å²) in [5, 5.41) is 20.9. The summed E-state index contributed by atoms with van der Waals surface area (Å²) in [5.41, 5.74) is 5.45. The van der Waals surface area contributed by atoms with Gasteiger partial charge in [0.2, 0.25) is 0 Å². The summed E-state index contributed by atoms with van der Waals surface area (Å²) in [6.07, 6.45) is -0.966. The maximum absolute atomic E-state index is 11.2. The molecule has 1 amide bonds. The Kier molecular flexibility index (Phi) is 4.75. The Morgan fingerprint density at radius 3 is 2.65 bits per heavy atom. The van der Waals surface area contributed by atoms with Gasteiger partial charge < -0.3 is 21.1 Å². The molecule has 0 atom stereocenters. The Labute approximate surface area is 118 Å². The van der Waals surface area contributed by atoms with E-state index in [2.05, 4.69) is 10.3 Å². The molecular formula is C13H19N5O2. The molecular weight excluding hydrogens is 258 g/mol. The van der Waals surface area contributed by atoms with Gasteiger partial charge in [-0.1, -0.05) is 0 Å². The van der Waals surface area contributed by atoms with Crippen LogP contribution in [0.2, 0.25) is 0 Å². The number of nitrogens with zero attached hydrogens (tertiary/aromatic N) is 3. The minimum atomic E-state index is -0.966. The van der Waals surface area contributed by atoms with E-state index in [-0.39, 0.29) is 5.82 Å². The summed E-state index contributed by atoms with van der Waals surface area (Å²) in [4.78, 5) is 16.5. The van der Waals surface area contributed by atoms with Gasteiger partial charge in [0.25, 0.3) is 0 Å². The van der Waals surface area contributed by atoms with Crippen molar-refractivity contribution in [3.05, 3.63) is 17.7 Å². The van der Waals surface area contributed by atoms with Gasteiger partial charge in [-0.3, -0.25) is 0 Å². The molecule has 0 aliphatic rings. The topological polar surface area (TPSA) is 115 Å². The van der Waals surface area contributed by atoms with Crippen LogP contribution in [0.25, 0.3) is 0 Å². The lowest BCUT2D eigenvalue weighted by Gasteiger charge is -2.33. The summed E-state index contributed by atoms with van der Waals surface area (Å²) < 4.78 is 0. The highest BCUT2D eigenvalue weighted by Crippen LogP contribution is 2.14. The minimum absolute atomic E-state index is 0.156. The number of hydrogen-bond donors (Lipinski definition) is 3. The number of rotatable bonds is 4. The molecule has 1 rings (SSSR count). The van der Waals surface area contributed by atoms with Crippen molar-refractivity contribution < 1.29 is 9.90 Å². The summed E-state index contributed by atoms with van der Waals surface area (Å²) in [5.74, 6) is 0.671. The second-order valence-electron chi connectivity index (χ2n) is 5.27. The van der Waals surface area contributed by atoms with Gasteiger partial charge in [0.15, 0.2) is 0 Å². The first-order valence-electron chi connectivity index (χ1n) is 6.16. The quantitative estimate of drug-likeness (QED) is 0.771. The maximum Gasteiger partial charge on any atom is 0.407 e. The molecule has 0 spiro atoms. The van der Waals surface area contributed by atoms with Crippen LogP contribution in [0.4, 0.5) is 16.4 Å². The van der Waals surface area contributed by atoms with Crippen LogP contribution < -0.4 is 11.1 Å². The van der Waals surface area contributed by atoms with Crippen molar-refractivity contribution in [1.82, 2.24) is 9.88 Å². The number of hydrogen-bond acceptors (Lipinski definition) is 5. The van der Waals surface area contributed by atoms with E-state index in [9.17, 15) is 4.79 Å². The van der Waals surface area contributed by atoms with Crippen LogP contribution in [0.5, 0.6) is 0 Å². The highest BCUT2D eigenvalue weighted by molar-refractivity contribution is 5.66. The average molecular weight is 277 g/mol. The molecule has 0 unspecified atom stereocenters. The number of carboxylic acid groups (broad SMARTS) is 1. The van der Waals surface area contributed by atoms with Crippen LogP contribution in [0.3, 0.4) is 0 Å². The number of carbonyl (C=O) groups is 1. The standard InChI is InChI=1S/C13H19N5O2/c1-13(2,3)18(12(19)20)7-6-16-10-5-4-9(8-14)11(15)17-10/h4-5H,6-7H2,1-3H3,(H,19,20)(H3,15,16,17). The van der Waals surface area contributed by atoms with Crippen LogP contribution in [-0.2, 0) is 0 Å². The normalized spacial score (nSPS) is 10.7. The first-order chi connectivity index (χ1) is 9.25. The van der Waals surface area contributed by atoms with E-state index >= 15 is 0 Å². The van der Waals surface area contributed by atoms with Crippen LogP contribution in [-0.4, -0.2) is 39.7 Å². The number of aromatic nitrogens is 1. The molecule has 0 bridgehead atoms. The molecule has 7 heteroatoms. The average Bonchev–Trinajstić information content (AvgIpc) is 2.32. The van der Waals surface area contributed by atoms with Crippen LogP contribution in [0.15, 0.2) is 12.1 Å². The third-order valence-corrected chi connectivity index (χ3v) is 2.73. The fourth-order valence-electron chi connectivity index (χ4n) is 1.68. The Hall–Kier alpha value is -2.49. The van der Waals surface area contributed by atoms with E-state index in [0.717, 1.165) is 0 Å². The fraction of sp³-hybridized carbons (Fsp3) is 0.462. The molecule has 0 saturated heterocycles. The van der Waals surface area contributed by atoms with Gasteiger partial charge in [0.1, 0.15) is 17.7 Å². The molecule has 108 valence electrons. The second kappa shape index (κ2) is 6.10. The van der Waals surface area contributed by atoms with Gasteiger partial charge in [-0.2, -0.15) is 5.26 Å². The molecule has 1 heterocycles. The van der Waals surface area contributed by atoms with Gasteiger partial charge in [0, 0.05) is 18.6 Å². The number of nitrogens with one attached hydrogen (secondary N) is 1. The number of pyridine rings is 1. The van der Waals surface area contributed by atoms with E-state index in [0.29, 0.717) is 24.5 Å². The molecule has 0 fully saturated rings. The first kappa shape index (κ1) is 15.6. The molecule has 0 aromatic carbocycles. The summed E-state index contributed by atoms with van der Waals surface area (Å²) in [6.45, 7) is 6.22. The Bertz CT molecular complexity index is 531. The van der Waals surface area contributed by atoms with Crippen molar-refractivity contribution in [3.8, 4) is 6.07 Å². The van der Waals surface area contributed by atoms with Crippen LogP contribution in [0.1, 0.15) is 26.3 Å². The predicted molar refractivity (Wildman–Crippen MR) is 76.3 cm³/mol. The zero-order valence-electron chi connectivity index (χ0n) is 11.8. The zero-order valence-corrected chi connectivity index (χ0v) is 11.8. The van der Waals surface area contributed by atoms with Crippen LogP contribution in [0, 0.1) is 11.3 Å². The monoisotopic (exact) mass is 277 g/mol. The number of nitrogens with two attached hydrogens (primary N) is 1. The molecule has 0 saturated carbocycles. The fourth-order valence-corrected chi connectivity index (χ4v) is 1.68. The third-order valence-electron chi connectivity index (χ3n) is 2.73. The second-order valence-corrected chi connectivity index (χ2v) is 5.27. The largest absolute Gasteiger partial charge is 0.465 e. The Morgan fingerprint density at radius 2 is 2.20 bits per heavy atom. The highest BCUT2D eigenvalue weighted by atomic mass is 16.4. The van der Waals surface area contributed by atoms with E-state index in [1.54, 1.807) is 12.1 Å². The molecule has 4 N–H and O–H groups in total. The molecule has 0 aliphatic heterocycles. The smallest absolute Gasteiger partial charge is 0.407 e. The van der Waals surface area contributed by atoms with E-state index < -0.39 is 11.6 Å². The SMILES string of the molecule is CC(C)(C)N(CCNc1ccc(C#N)c(N)n1)C(=O)O. The molecule has 1 aromatic rings. The van der Waals surface area contributed by atoms with Crippen molar-refractivity contribution in [2.24, 2.45) is 0 Å². The summed E-state index contributed by atoms with van der Waals surface area (Å²) in [6, 6.07) is 5.14. The summed E-state index contributed by atoms with van der Waals surface area (Å²) in [7, 11) is 0. The zero-order chi connectivity index (χ0) is 15.3. The van der Waals surface area contributed by atoms with Crippen molar-refractivity contribution in [3.63, 3.8) is 0 Å². The predicted octanol–water partition coefficient (Wildman–Crippen LogP) is 1.73. The lowest BCUT2D eigenvalue weighted by Crippen LogP contribution is -2.47. The lowest BCUT2D eigenvalue weighted by atomic mass is 10.1. The maximum atomic E-state index is 11.2. The Balaban J connectivity index is 2.62. The molecule has 1 aromatic heterocycles. The van der Waals surface area contributed by atoms with Crippen molar-refractivity contribution >= 4 is 17.7 Å². The third kappa shape index (κ3) is 4.02. The Morgan fingerprint density at radius 1 is 1.55 bits per heavy atom. The highest BCUT2D eigenvalue weighted by Gasteiger charge is 2.25. The molecule has 0 aliphatic carbocycles.